The van der Waals surface area contributed by atoms with Gasteiger partial charge in [0.05, 0.1) is 7.11 Å². The molecule has 0 bridgehead atoms. The van der Waals surface area contributed by atoms with Crippen LogP contribution in [0.5, 0.6) is 5.75 Å². The zero-order chi connectivity index (χ0) is 18.8. The highest BCUT2D eigenvalue weighted by Gasteiger charge is 2.36. The quantitative estimate of drug-likeness (QED) is 0.688. The van der Waals surface area contributed by atoms with Crippen molar-refractivity contribution in [2.24, 2.45) is 0 Å². The van der Waals surface area contributed by atoms with Crippen LogP contribution in [0.1, 0.15) is 30.3 Å². The maximum atomic E-state index is 14.0. The summed E-state index contributed by atoms with van der Waals surface area (Å²) >= 11 is 0. The molecule has 7 nitrogen and oxygen atoms in total. The number of benzene rings is 1. The lowest BCUT2D eigenvalue weighted by Crippen LogP contribution is -2.27. The molecule has 3 heterocycles. The van der Waals surface area contributed by atoms with Crippen LogP contribution < -0.4 is 4.74 Å². The number of methoxy groups -OCH3 is 1. The van der Waals surface area contributed by atoms with Gasteiger partial charge in [-0.05, 0) is 36.2 Å². The Morgan fingerprint density at radius 2 is 2.11 bits per heavy atom. The van der Waals surface area contributed by atoms with Crippen molar-refractivity contribution >= 4 is 5.91 Å². The molecule has 1 saturated heterocycles. The van der Waals surface area contributed by atoms with E-state index in [0.29, 0.717) is 30.1 Å². The molecule has 0 aliphatic carbocycles. The van der Waals surface area contributed by atoms with E-state index >= 15 is 0 Å². The van der Waals surface area contributed by atoms with Crippen LogP contribution in [0.4, 0.5) is 4.39 Å². The van der Waals surface area contributed by atoms with Crippen LogP contribution in [0, 0.1) is 5.82 Å². The number of hydrogen-bond donors (Lipinski definition) is 0. The van der Waals surface area contributed by atoms with Crippen LogP contribution in [0.15, 0.2) is 47.2 Å². The number of pyridine rings is 1. The number of likely N-dealkylation sites (tertiary alicyclic amines) is 1. The molecular formula is C19H17FN4O3. The first-order valence-electron chi connectivity index (χ1n) is 8.51. The van der Waals surface area contributed by atoms with E-state index in [4.69, 9.17) is 9.26 Å². The number of carbonyl (C=O) groups is 1. The first-order chi connectivity index (χ1) is 13.2. The summed E-state index contributed by atoms with van der Waals surface area (Å²) in [5.74, 6) is 0.502. The van der Waals surface area contributed by atoms with Crippen molar-refractivity contribution < 1.29 is 18.4 Å². The van der Waals surface area contributed by atoms with Crippen molar-refractivity contribution in [3.05, 3.63) is 60.0 Å². The molecule has 0 spiro atoms. The summed E-state index contributed by atoms with van der Waals surface area (Å²) in [4.78, 5) is 22.4. The van der Waals surface area contributed by atoms with Gasteiger partial charge in [-0.25, -0.2) is 4.39 Å². The molecule has 1 unspecified atom stereocenters. The second-order valence-corrected chi connectivity index (χ2v) is 6.24. The van der Waals surface area contributed by atoms with Gasteiger partial charge in [-0.2, -0.15) is 4.98 Å². The minimum Gasteiger partial charge on any atom is -0.494 e. The van der Waals surface area contributed by atoms with Gasteiger partial charge in [-0.1, -0.05) is 11.2 Å². The fourth-order valence-electron chi connectivity index (χ4n) is 3.18. The third-order valence-electron chi connectivity index (χ3n) is 4.56. The van der Waals surface area contributed by atoms with Crippen molar-refractivity contribution in [3.8, 4) is 17.1 Å². The Morgan fingerprint density at radius 3 is 2.85 bits per heavy atom. The molecule has 0 N–H and O–H groups in total. The van der Waals surface area contributed by atoms with Gasteiger partial charge in [0.25, 0.3) is 0 Å². The summed E-state index contributed by atoms with van der Waals surface area (Å²) in [5.41, 5.74) is 1.45. The number of nitrogens with zero attached hydrogens (tertiary/aromatic N) is 4. The smallest absolute Gasteiger partial charge is 0.249 e. The highest BCUT2D eigenvalue weighted by molar-refractivity contribution is 5.78. The van der Waals surface area contributed by atoms with Crippen LogP contribution in [0.25, 0.3) is 11.4 Å². The van der Waals surface area contributed by atoms with Crippen molar-refractivity contribution in [2.45, 2.75) is 25.4 Å². The largest absolute Gasteiger partial charge is 0.494 e. The number of carbonyl (C=O) groups excluding carboxylic acids is 1. The van der Waals surface area contributed by atoms with E-state index in [1.807, 2.05) is 0 Å². The van der Waals surface area contributed by atoms with Gasteiger partial charge in [0, 0.05) is 30.9 Å². The highest BCUT2D eigenvalue weighted by Crippen LogP contribution is 2.34. The molecule has 1 amide bonds. The lowest BCUT2D eigenvalue weighted by molar-refractivity contribution is -0.130. The number of aromatic nitrogens is 3. The maximum Gasteiger partial charge on any atom is 0.249 e. The Kier molecular flexibility index (Phi) is 4.53. The zero-order valence-electron chi connectivity index (χ0n) is 14.6. The molecule has 2 aromatic heterocycles. The molecular weight excluding hydrogens is 351 g/mol. The predicted octanol–water partition coefficient (Wildman–Crippen LogP) is 3.14. The zero-order valence-corrected chi connectivity index (χ0v) is 14.6. The average Bonchev–Trinajstić information content (AvgIpc) is 3.30. The fraction of sp³-hybridized carbons (Fsp3) is 0.263. The minimum atomic E-state index is -0.462. The topological polar surface area (TPSA) is 81.4 Å². The Labute approximate surface area is 154 Å². The highest BCUT2D eigenvalue weighted by atomic mass is 19.1. The molecule has 1 aromatic carbocycles. The molecule has 1 aliphatic heterocycles. The average molecular weight is 368 g/mol. The first kappa shape index (κ1) is 17.1. The second kappa shape index (κ2) is 7.14. The van der Waals surface area contributed by atoms with Crippen LogP contribution in [0.3, 0.4) is 0 Å². The molecule has 1 aliphatic rings. The summed E-state index contributed by atoms with van der Waals surface area (Å²) < 4.78 is 24.3. The standard InChI is InChI=1S/C19H17FN4O3/c1-26-16-4-2-12(10-14(16)20)11-24-15(3-5-17(24)25)19-22-18(23-27-19)13-6-8-21-9-7-13/h2,4,6-10,15H,3,5,11H2,1H3. The third kappa shape index (κ3) is 3.38. The maximum absolute atomic E-state index is 14.0. The van der Waals surface area contributed by atoms with E-state index in [1.165, 1.54) is 13.2 Å². The summed E-state index contributed by atoms with van der Waals surface area (Å²) in [7, 11) is 1.41. The van der Waals surface area contributed by atoms with E-state index in [2.05, 4.69) is 15.1 Å². The summed E-state index contributed by atoms with van der Waals surface area (Å²) in [6.07, 6.45) is 4.26. The fourth-order valence-corrected chi connectivity index (χ4v) is 3.18. The second-order valence-electron chi connectivity index (χ2n) is 6.24. The predicted molar refractivity (Wildman–Crippen MR) is 93.0 cm³/mol. The molecule has 3 aromatic rings. The number of amides is 1. The minimum absolute atomic E-state index is 0.0279. The molecule has 0 saturated carbocycles. The van der Waals surface area contributed by atoms with Gasteiger partial charge in [-0.15, -0.1) is 0 Å². The lowest BCUT2D eigenvalue weighted by atomic mass is 10.1. The normalized spacial score (nSPS) is 16.7. The number of hydrogen-bond acceptors (Lipinski definition) is 6. The van der Waals surface area contributed by atoms with E-state index in [0.717, 1.165) is 5.56 Å². The van der Waals surface area contributed by atoms with Crippen LogP contribution >= 0.6 is 0 Å². The molecule has 27 heavy (non-hydrogen) atoms. The first-order valence-corrected chi connectivity index (χ1v) is 8.51. The Bertz CT molecular complexity index is 961. The molecule has 8 heteroatoms. The Balaban J connectivity index is 1.57. The van der Waals surface area contributed by atoms with Crippen LogP contribution in [-0.2, 0) is 11.3 Å². The van der Waals surface area contributed by atoms with Crippen molar-refractivity contribution in [1.82, 2.24) is 20.0 Å². The van der Waals surface area contributed by atoms with E-state index in [-0.39, 0.29) is 24.2 Å². The molecule has 4 rings (SSSR count). The Hall–Kier alpha value is -3.29. The van der Waals surface area contributed by atoms with Gasteiger partial charge in [0.1, 0.15) is 6.04 Å². The summed E-state index contributed by atoms with van der Waals surface area (Å²) in [6, 6.07) is 7.90. The van der Waals surface area contributed by atoms with Gasteiger partial charge < -0.3 is 14.2 Å². The molecule has 0 radical (unpaired) electrons. The summed E-state index contributed by atoms with van der Waals surface area (Å²) in [6.45, 7) is 0.261. The van der Waals surface area contributed by atoms with E-state index in [9.17, 15) is 9.18 Å². The molecule has 1 fully saturated rings. The van der Waals surface area contributed by atoms with Gasteiger partial charge in [-0.3, -0.25) is 9.78 Å². The third-order valence-corrected chi connectivity index (χ3v) is 4.56. The number of halogens is 1. The van der Waals surface area contributed by atoms with Crippen molar-refractivity contribution in [1.29, 1.82) is 0 Å². The molecule has 138 valence electrons. The van der Waals surface area contributed by atoms with Gasteiger partial charge in [0.2, 0.25) is 17.6 Å². The van der Waals surface area contributed by atoms with Gasteiger partial charge in [0.15, 0.2) is 11.6 Å². The SMILES string of the molecule is COc1ccc(CN2C(=O)CCC2c2nc(-c3ccncc3)no2)cc1F. The van der Waals surface area contributed by atoms with Crippen molar-refractivity contribution in [3.63, 3.8) is 0 Å². The van der Waals surface area contributed by atoms with Crippen molar-refractivity contribution in [2.75, 3.05) is 7.11 Å². The summed E-state index contributed by atoms with van der Waals surface area (Å²) in [5, 5.41) is 4.01. The van der Waals surface area contributed by atoms with Gasteiger partial charge >= 0.3 is 0 Å². The lowest BCUT2D eigenvalue weighted by Gasteiger charge is -2.22. The monoisotopic (exact) mass is 368 g/mol. The van der Waals surface area contributed by atoms with E-state index in [1.54, 1.807) is 41.6 Å². The van der Waals surface area contributed by atoms with Crippen LogP contribution in [-0.4, -0.2) is 33.0 Å². The van der Waals surface area contributed by atoms with Crippen LogP contribution in [0.2, 0.25) is 0 Å². The Morgan fingerprint density at radius 1 is 1.30 bits per heavy atom. The number of rotatable bonds is 5. The number of ether oxygens (including phenoxy) is 1. The van der Waals surface area contributed by atoms with E-state index < -0.39 is 5.82 Å². The molecule has 1 atom stereocenters.